The van der Waals surface area contributed by atoms with Crippen LogP contribution in [0.15, 0.2) is 6.33 Å². The van der Waals surface area contributed by atoms with Crippen molar-refractivity contribution in [3.8, 4) is 0 Å². The number of nitrogens with one attached hydrogen (secondary N) is 2. The highest BCUT2D eigenvalue weighted by Gasteiger charge is 2.37. The Balaban J connectivity index is 1.68. The van der Waals surface area contributed by atoms with Gasteiger partial charge in [0.25, 0.3) is 0 Å². The lowest BCUT2D eigenvalue weighted by Gasteiger charge is -2.27. The van der Waals surface area contributed by atoms with Gasteiger partial charge in [0.1, 0.15) is 0 Å². The number of likely N-dealkylation sites (tertiary alicyclic amines) is 1. The third-order valence-corrected chi connectivity index (χ3v) is 3.79. The number of imidazole rings is 1. The monoisotopic (exact) mass is 250 g/mol. The molecule has 0 saturated carbocycles. The van der Waals surface area contributed by atoms with Crippen LogP contribution in [0.3, 0.4) is 0 Å². The minimum atomic E-state index is -0.734. The lowest BCUT2D eigenvalue weighted by Crippen LogP contribution is -2.49. The van der Waals surface area contributed by atoms with Crippen LogP contribution in [0.1, 0.15) is 24.7 Å². The summed E-state index contributed by atoms with van der Waals surface area (Å²) in [5, 5.41) is 13.1. The standard InChI is InChI=1S/C12H18N4O2/c1-12(18)2-3-16(6-12)11(17)9-4-8-10(5-13-9)15-7-14-8/h7,9,13,18H,2-6H2,1H3,(H,14,15). The van der Waals surface area contributed by atoms with Gasteiger partial charge in [-0.2, -0.15) is 0 Å². The van der Waals surface area contributed by atoms with Crippen molar-refractivity contribution in [2.75, 3.05) is 13.1 Å². The van der Waals surface area contributed by atoms with E-state index in [-0.39, 0.29) is 11.9 Å². The van der Waals surface area contributed by atoms with Crippen molar-refractivity contribution in [2.24, 2.45) is 0 Å². The fourth-order valence-electron chi connectivity index (χ4n) is 2.70. The molecular weight excluding hydrogens is 232 g/mol. The van der Waals surface area contributed by atoms with Crippen LogP contribution in [0.25, 0.3) is 0 Å². The molecule has 3 rings (SSSR count). The molecular formula is C12H18N4O2. The molecule has 6 nitrogen and oxygen atoms in total. The number of aromatic nitrogens is 2. The quantitative estimate of drug-likeness (QED) is 0.622. The van der Waals surface area contributed by atoms with Gasteiger partial charge in [0, 0.05) is 26.1 Å². The fraction of sp³-hybridized carbons (Fsp3) is 0.667. The number of carbonyl (C=O) groups excluding carboxylic acids is 1. The number of H-pyrrole nitrogens is 1. The van der Waals surface area contributed by atoms with Crippen LogP contribution in [-0.2, 0) is 17.8 Å². The van der Waals surface area contributed by atoms with Crippen LogP contribution in [0, 0.1) is 0 Å². The Bertz CT molecular complexity index is 468. The molecule has 3 heterocycles. The zero-order valence-corrected chi connectivity index (χ0v) is 10.4. The molecule has 98 valence electrons. The molecule has 2 atom stereocenters. The number of hydrogen-bond donors (Lipinski definition) is 3. The first-order valence-electron chi connectivity index (χ1n) is 6.31. The van der Waals surface area contributed by atoms with Gasteiger partial charge in [-0.05, 0) is 13.3 Å². The zero-order valence-electron chi connectivity index (χ0n) is 10.4. The normalized spacial score (nSPS) is 31.4. The third-order valence-electron chi connectivity index (χ3n) is 3.79. The molecule has 0 bridgehead atoms. The molecule has 1 aromatic rings. The van der Waals surface area contributed by atoms with E-state index < -0.39 is 5.60 Å². The minimum absolute atomic E-state index is 0.0708. The van der Waals surface area contributed by atoms with Crippen LogP contribution in [0.2, 0.25) is 0 Å². The van der Waals surface area contributed by atoms with Crippen LogP contribution in [0.4, 0.5) is 0 Å². The summed E-state index contributed by atoms with van der Waals surface area (Å²) in [5.41, 5.74) is 1.30. The van der Waals surface area contributed by atoms with Crippen molar-refractivity contribution >= 4 is 5.91 Å². The number of aromatic amines is 1. The first-order chi connectivity index (χ1) is 8.55. The summed E-state index contributed by atoms with van der Waals surface area (Å²) in [4.78, 5) is 21.4. The fourth-order valence-corrected chi connectivity index (χ4v) is 2.70. The summed E-state index contributed by atoms with van der Waals surface area (Å²) in [6, 6.07) is -0.213. The van der Waals surface area contributed by atoms with Crippen molar-refractivity contribution < 1.29 is 9.90 Å². The summed E-state index contributed by atoms with van der Waals surface area (Å²) in [6.45, 7) is 3.49. The van der Waals surface area contributed by atoms with Gasteiger partial charge >= 0.3 is 0 Å². The van der Waals surface area contributed by atoms with Gasteiger partial charge in [0.2, 0.25) is 5.91 Å². The molecule has 2 aliphatic rings. The lowest BCUT2D eigenvalue weighted by atomic mass is 10.0. The van der Waals surface area contributed by atoms with E-state index in [2.05, 4.69) is 15.3 Å². The maximum atomic E-state index is 12.3. The average molecular weight is 250 g/mol. The largest absolute Gasteiger partial charge is 0.388 e. The van der Waals surface area contributed by atoms with E-state index in [1.165, 1.54) is 0 Å². The SMILES string of the molecule is CC1(O)CCN(C(=O)C2Cc3nc[nH]c3CN2)C1. The molecule has 0 radical (unpaired) electrons. The number of nitrogens with zero attached hydrogens (tertiary/aromatic N) is 2. The second-order valence-corrected chi connectivity index (χ2v) is 5.47. The lowest BCUT2D eigenvalue weighted by molar-refractivity contribution is -0.133. The smallest absolute Gasteiger partial charge is 0.240 e. The molecule has 1 amide bonds. The Hall–Kier alpha value is -1.40. The third kappa shape index (κ3) is 2.02. The second kappa shape index (κ2) is 4.07. The van der Waals surface area contributed by atoms with Crippen molar-refractivity contribution in [1.29, 1.82) is 0 Å². The van der Waals surface area contributed by atoms with E-state index in [1.807, 2.05) is 0 Å². The van der Waals surface area contributed by atoms with Crippen molar-refractivity contribution in [2.45, 2.75) is 38.0 Å². The van der Waals surface area contributed by atoms with Crippen LogP contribution in [-0.4, -0.2) is 50.6 Å². The van der Waals surface area contributed by atoms with Gasteiger partial charge in [-0.1, -0.05) is 0 Å². The van der Waals surface area contributed by atoms with Gasteiger partial charge in [0.15, 0.2) is 0 Å². The number of hydrogen-bond acceptors (Lipinski definition) is 4. The first kappa shape index (κ1) is 11.7. The summed E-state index contributed by atoms with van der Waals surface area (Å²) in [6.07, 6.45) is 2.94. The van der Waals surface area contributed by atoms with Crippen LogP contribution in [0.5, 0.6) is 0 Å². The minimum Gasteiger partial charge on any atom is -0.388 e. The van der Waals surface area contributed by atoms with E-state index in [0.717, 1.165) is 11.4 Å². The van der Waals surface area contributed by atoms with Crippen LogP contribution >= 0.6 is 0 Å². The Labute approximate surface area is 105 Å². The van der Waals surface area contributed by atoms with Crippen molar-refractivity contribution in [1.82, 2.24) is 20.2 Å². The van der Waals surface area contributed by atoms with E-state index >= 15 is 0 Å². The molecule has 0 spiro atoms. The number of β-amino-alcohol motifs (C(OH)–C–C–N with tert-alkyl or cyclic N) is 1. The number of fused-ring (bicyclic) bond motifs is 1. The highest BCUT2D eigenvalue weighted by atomic mass is 16.3. The van der Waals surface area contributed by atoms with Gasteiger partial charge < -0.3 is 15.0 Å². The summed E-state index contributed by atoms with van der Waals surface area (Å²) < 4.78 is 0. The van der Waals surface area contributed by atoms with E-state index in [0.29, 0.717) is 32.5 Å². The number of rotatable bonds is 1. The summed E-state index contributed by atoms with van der Waals surface area (Å²) in [7, 11) is 0. The average Bonchev–Trinajstić information content (AvgIpc) is 2.93. The molecule has 6 heteroatoms. The topological polar surface area (TPSA) is 81.2 Å². The van der Waals surface area contributed by atoms with Crippen molar-refractivity contribution in [3.05, 3.63) is 17.7 Å². The van der Waals surface area contributed by atoms with Crippen molar-refractivity contribution in [3.63, 3.8) is 0 Å². The van der Waals surface area contributed by atoms with Gasteiger partial charge in [0.05, 0.1) is 29.4 Å². The van der Waals surface area contributed by atoms with E-state index in [1.54, 1.807) is 18.2 Å². The van der Waals surface area contributed by atoms with Gasteiger partial charge in [-0.15, -0.1) is 0 Å². The van der Waals surface area contributed by atoms with Crippen LogP contribution < -0.4 is 5.32 Å². The predicted octanol–water partition coefficient (Wildman–Crippen LogP) is -0.593. The highest BCUT2D eigenvalue weighted by molar-refractivity contribution is 5.82. The number of aliphatic hydroxyl groups is 1. The molecule has 1 fully saturated rings. The second-order valence-electron chi connectivity index (χ2n) is 5.47. The maximum Gasteiger partial charge on any atom is 0.240 e. The molecule has 3 N–H and O–H groups in total. The molecule has 2 aliphatic heterocycles. The molecule has 1 aromatic heterocycles. The Morgan fingerprint density at radius 3 is 3.22 bits per heavy atom. The maximum absolute atomic E-state index is 12.3. The predicted molar refractivity (Wildman–Crippen MR) is 64.7 cm³/mol. The molecule has 2 unspecified atom stereocenters. The van der Waals surface area contributed by atoms with Gasteiger partial charge in [-0.3, -0.25) is 10.1 Å². The Morgan fingerprint density at radius 2 is 2.50 bits per heavy atom. The summed E-state index contributed by atoms with van der Waals surface area (Å²) in [5.74, 6) is 0.0708. The Morgan fingerprint density at radius 1 is 1.67 bits per heavy atom. The molecule has 0 aliphatic carbocycles. The molecule has 18 heavy (non-hydrogen) atoms. The first-order valence-corrected chi connectivity index (χ1v) is 6.31. The highest BCUT2D eigenvalue weighted by Crippen LogP contribution is 2.22. The van der Waals surface area contributed by atoms with E-state index in [9.17, 15) is 9.90 Å². The number of carbonyl (C=O) groups is 1. The van der Waals surface area contributed by atoms with E-state index in [4.69, 9.17) is 0 Å². The molecule has 0 aromatic carbocycles. The summed E-state index contributed by atoms with van der Waals surface area (Å²) >= 11 is 0. The Kier molecular flexibility index (Phi) is 2.64. The molecule has 1 saturated heterocycles. The zero-order chi connectivity index (χ0) is 12.8. The van der Waals surface area contributed by atoms with Gasteiger partial charge in [-0.25, -0.2) is 4.98 Å². The number of amides is 1.